The van der Waals surface area contributed by atoms with E-state index >= 15 is 0 Å². The molecule has 1 saturated heterocycles. The van der Waals surface area contributed by atoms with Gasteiger partial charge in [-0.25, -0.2) is 0 Å². The Labute approximate surface area is 104 Å². The molecule has 0 aromatic rings. The maximum Gasteiger partial charge on any atom is 0.246 e. The summed E-state index contributed by atoms with van der Waals surface area (Å²) in [5.41, 5.74) is 0.0877. The zero-order chi connectivity index (χ0) is 12.9. The standard InChI is InChI=1S/C13H26N2O2/c1-10(13(2,3)4)15-12(16)9-17-11-5-7-14-8-6-11/h10-11,14H,5-9H2,1-4H3,(H,15,16). The topological polar surface area (TPSA) is 50.4 Å². The van der Waals surface area contributed by atoms with Crippen molar-refractivity contribution < 1.29 is 9.53 Å². The lowest BCUT2D eigenvalue weighted by Crippen LogP contribution is -2.44. The Morgan fingerprint density at radius 2 is 2.00 bits per heavy atom. The third-order valence-corrected chi connectivity index (χ3v) is 3.41. The molecule has 1 aliphatic heterocycles. The number of carbonyl (C=O) groups is 1. The van der Waals surface area contributed by atoms with E-state index in [-0.39, 0.29) is 30.1 Å². The van der Waals surface area contributed by atoms with Crippen LogP contribution in [0.1, 0.15) is 40.5 Å². The molecule has 1 rings (SSSR count). The second-order valence-corrected chi connectivity index (χ2v) is 5.92. The van der Waals surface area contributed by atoms with Gasteiger partial charge in [0.1, 0.15) is 6.61 Å². The van der Waals surface area contributed by atoms with Crippen molar-refractivity contribution in [1.29, 1.82) is 0 Å². The summed E-state index contributed by atoms with van der Waals surface area (Å²) in [6.45, 7) is 10.5. The van der Waals surface area contributed by atoms with Gasteiger partial charge in [-0.3, -0.25) is 4.79 Å². The van der Waals surface area contributed by atoms with Crippen LogP contribution in [0.3, 0.4) is 0 Å². The maximum absolute atomic E-state index is 11.7. The minimum absolute atomic E-state index is 0.00837. The highest BCUT2D eigenvalue weighted by Gasteiger charge is 2.22. The van der Waals surface area contributed by atoms with Gasteiger partial charge in [-0.2, -0.15) is 0 Å². The van der Waals surface area contributed by atoms with E-state index < -0.39 is 0 Å². The van der Waals surface area contributed by atoms with Gasteiger partial charge < -0.3 is 15.4 Å². The smallest absolute Gasteiger partial charge is 0.246 e. The monoisotopic (exact) mass is 242 g/mol. The second kappa shape index (κ2) is 6.36. The first-order valence-corrected chi connectivity index (χ1v) is 6.51. The van der Waals surface area contributed by atoms with Crippen molar-refractivity contribution in [2.45, 2.75) is 52.7 Å². The molecule has 0 bridgehead atoms. The van der Waals surface area contributed by atoms with Gasteiger partial charge in [-0.1, -0.05) is 20.8 Å². The number of nitrogens with one attached hydrogen (secondary N) is 2. The number of hydrogen-bond acceptors (Lipinski definition) is 3. The van der Waals surface area contributed by atoms with Gasteiger partial charge in [0.05, 0.1) is 6.10 Å². The van der Waals surface area contributed by atoms with Crippen LogP contribution < -0.4 is 10.6 Å². The fourth-order valence-corrected chi connectivity index (χ4v) is 1.66. The van der Waals surface area contributed by atoms with Crippen molar-refractivity contribution >= 4 is 5.91 Å². The molecule has 0 saturated carbocycles. The zero-order valence-electron chi connectivity index (χ0n) is 11.5. The molecule has 0 aromatic heterocycles. The van der Waals surface area contributed by atoms with E-state index in [2.05, 4.69) is 31.4 Å². The van der Waals surface area contributed by atoms with Crippen LogP contribution in [-0.2, 0) is 9.53 Å². The first-order valence-electron chi connectivity index (χ1n) is 6.51. The van der Waals surface area contributed by atoms with Crippen molar-refractivity contribution in [3.8, 4) is 0 Å². The minimum atomic E-state index is -0.00837. The molecular weight excluding hydrogens is 216 g/mol. The normalized spacial score (nSPS) is 20.0. The molecule has 0 aromatic carbocycles. The number of hydrogen-bond donors (Lipinski definition) is 2. The number of rotatable bonds is 4. The summed E-state index contributed by atoms with van der Waals surface area (Å²) in [7, 11) is 0. The van der Waals surface area contributed by atoms with Gasteiger partial charge in [-0.05, 0) is 38.3 Å². The zero-order valence-corrected chi connectivity index (χ0v) is 11.5. The van der Waals surface area contributed by atoms with E-state index in [1.54, 1.807) is 0 Å². The Kier molecular flexibility index (Phi) is 5.40. The number of ether oxygens (including phenoxy) is 1. The van der Waals surface area contributed by atoms with Crippen LogP contribution in [0.5, 0.6) is 0 Å². The third kappa shape index (κ3) is 5.50. The summed E-state index contributed by atoms with van der Waals surface area (Å²) >= 11 is 0. The van der Waals surface area contributed by atoms with Crippen LogP contribution in [-0.4, -0.2) is 37.7 Å². The Hall–Kier alpha value is -0.610. The van der Waals surface area contributed by atoms with Crippen LogP contribution >= 0.6 is 0 Å². The highest BCUT2D eigenvalue weighted by molar-refractivity contribution is 5.77. The predicted octanol–water partition coefficient (Wildman–Crippen LogP) is 1.31. The van der Waals surface area contributed by atoms with E-state index in [4.69, 9.17) is 4.74 Å². The molecule has 1 fully saturated rings. The van der Waals surface area contributed by atoms with E-state index in [0.29, 0.717) is 0 Å². The first kappa shape index (κ1) is 14.5. The van der Waals surface area contributed by atoms with Crippen molar-refractivity contribution in [2.75, 3.05) is 19.7 Å². The van der Waals surface area contributed by atoms with Crippen molar-refractivity contribution in [2.24, 2.45) is 5.41 Å². The van der Waals surface area contributed by atoms with Gasteiger partial charge in [0, 0.05) is 6.04 Å². The molecule has 1 amide bonds. The molecule has 2 N–H and O–H groups in total. The molecule has 100 valence electrons. The van der Waals surface area contributed by atoms with E-state index in [1.165, 1.54) is 0 Å². The van der Waals surface area contributed by atoms with Gasteiger partial charge >= 0.3 is 0 Å². The summed E-state index contributed by atoms with van der Waals surface area (Å²) < 4.78 is 5.61. The lowest BCUT2D eigenvalue weighted by molar-refractivity contribution is -0.129. The quantitative estimate of drug-likeness (QED) is 0.781. The summed E-state index contributed by atoms with van der Waals surface area (Å²) in [4.78, 5) is 11.7. The van der Waals surface area contributed by atoms with Crippen LogP contribution in [0.25, 0.3) is 0 Å². The van der Waals surface area contributed by atoms with Gasteiger partial charge in [0.15, 0.2) is 0 Å². The number of carbonyl (C=O) groups excluding carboxylic acids is 1. The first-order chi connectivity index (χ1) is 7.89. The maximum atomic E-state index is 11.7. The summed E-state index contributed by atoms with van der Waals surface area (Å²) in [6.07, 6.45) is 2.25. The van der Waals surface area contributed by atoms with Crippen LogP contribution in [0.2, 0.25) is 0 Å². The van der Waals surface area contributed by atoms with Crippen molar-refractivity contribution in [3.05, 3.63) is 0 Å². The molecule has 1 atom stereocenters. The van der Waals surface area contributed by atoms with Crippen molar-refractivity contribution in [1.82, 2.24) is 10.6 Å². The fraction of sp³-hybridized carbons (Fsp3) is 0.923. The highest BCUT2D eigenvalue weighted by Crippen LogP contribution is 2.18. The molecule has 0 spiro atoms. The lowest BCUT2D eigenvalue weighted by Gasteiger charge is -2.28. The van der Waals surface area contributed by atoms with Crippen LogP contribution in [0.15, 0.2) is 0 Å². The number of amides is 1. The second-order valence-electron chi connectivity index (χ2n) is 5.92. The van der Waals surface area contributed by atoms with Gasteiger partial charge in [0.2, 0.25) is 5.91 Å². The van der Waals surface area contributed by atoms with E-state index in [1.807, 2.05) is 6.92 Å². The summed E-state index contributed by atoms with van der Waals surface area (Å²) in [5, 5.41) is 6.25. The average molecular weight is 242 g/mol. The lowest BCUT2D eigenvalue weighted by atomic mass is 9.88. The molecule has 1 unspecified atom stereocenters. The fourth-order valence-electron chi connectivity index (χ4n) is 1.66. The number of piperidine rings is 1. The summed E-state index contributed by atoms with van der Waals surface area (Å²) in [6, 6.07) is 0.159. The average Bonchev–Trinajstić information content (AvgIpc) is 2.26. The third-order valence-electron chi connectivity index (χ3n) is 3.41. The van der Waals surface area contributed by atoms with Crippen LogP contribution in [0.4, 0.5) is 0 Å². The Morgan fingerprint density at radius 3 is 2.53 bits per heavy atom. The molecule has 4 nitrogen and oxygen atoms in total. The van der Waals surface area contributed by atoms with E-state index in [9.17, 15) is 4.79 Å². The predicted molar refractivity (Wildman–Crippen MR) is 68.9 cm³/mol. The Bertz CT molecular complexity index is 242. The Morgan fingerprint density at radius 1 is 1.41 bits per heavy atom. The minimum Gasteiger partial charge on any atom is -0.368 e. The van der Waals surface area contributed by atoms with Gasteiger partial charge in [0.25, 0.3) is 0 Å². The van der Waals surface area contributed by atoms with Gasteiger partial charge in [-0.15, -0.1) is 0 Å². The molecule has 17 heavy (non-hydrogen) atoms. The molecule has 4 heteroatoms. The van der Waals surface area contributed by atoms with E-state index in [0.717, 1.165) is 25.9 Å². The molecule has 1 heterocycles. The SMILES string of the molecule is CC(NC(=O)COC1CCNCC1)C(C)(C)C. The molecule has 0 aliphatic carbocycles. The van der Waals surface area contributed by atoms with Crippen LogP contribution in [0, 0.1) is 5.41 Å². The summed E-state index contributed by atoms with van der Waals surface area (Å²) in [5.74, 6) is -0.00837. The highest BCUT2D eigenvalue weighted by atomic mass is 16.5. The largest absolute Gasteiger partial charge is 0.368 e. The Balaban J connectivity index is 2.20. The van der Waals surface area contributed by atoms with Crippen molar-refractivity contribution in [3.63, 3.8) is 0 Å². The molecular formula is C13H26N2O2. The molecule has 1 aliphatic rings. The molecule has 0 radical (unpaired) electrons.